The second kappa shape index (κ2) is 7.66. The number of carbonyl (C=O) groups is 1. The number of nitrogens with one attached hydrogen (secondary N) is 1. The van der Waals surface area contributed by atoms with Crippen molar-refractivity contribution in [2.45, 2.75) is 13.0 Å². The number of imidazole rings is 1. The maximum Gasteiger partial charge on any atom is 0.258 e. The van der Waals surface area contributed by atoms with Gasteiger partial charge in [-0.2, -0.15) is 0 Å². The van der Waals surface area contributed by atoms with Crippen molar-refractivity contribution in [1.29, 1.82) is 0 Å². The van der Waals surface area contributed by atoms with Crippen molar-refractivity contribution in [1.82, 2.24) is 14.9 Å². The normalized spacial score (nSPS) is 11.8. The van der Waals surface area contributed by atoms with E-state index in [1.807, 2.05) is 79.3 Å². The monoisotopic (exact) mass is 335 g/mol. The summed E-state index contributed by atoms with van der Waals surface area (Å²) in [5.74, 6) is 1.26. The van der Waals surface area contributed by atoms with Gasteiger partial charge in [0.15, 0.2) is 6.61 Å². The topological polar surface area (TPSA) is 56.1 Å². The number of nitrogens with zero attached hydrogens (tertiary/aromatic N) is 2. The van der Waals surface area contributed by atoms with Crippen molar-refractivity contribution >= 4 is 5.91 Å². The van der Waals surface area contributed by atoms with Crippen LogP contribution in [0.25, 0.3) is 0 Å². The lowest BCUT2D eigenvalue weighted by atomic mass is 10.1. The number of aromatic nitrogens is 2. The fraction of sp³-hybridized carbons (Fsp3) is 0.200. The lowest BCUT2D eigenvalue weighted by molar-refractivity contribution is -0.123. The Morgan fingerprint density at radius 1 is 1.20 bits per heavy atom. The number of hydrogen-bond acceptors (Lipinski definition) is 3. The van der Waals surface area contributed by atoms with Gasteiger partial charge < -0.3 is 14.6 Å². The first kappa shape index (κ1) is 16.8. The highest BCUT2D eigenvalue weighted by atomic mass is 16.5. The summed E-state index contributed by atoms with van der Waals surface area (Å²) in [4.78, 5) is 16.8. The molecule has 1 heterocycles. The fourth-order valence-corrected chi connectivity index (χ4v) is 2.65. The van der Waals surface area contributed by atoms with Crippen LogP contribution in [0.3, 0.4) is 0 Å². The summed E-state index contributed by atoms with van der Waals surface area (Å²) < 4.78 is 7.50. The van der Waals surface area contributed by atoms with E-state index >= 15 is 0 Å². The van der Waals surface area contributed by atoms with Gasteiger partial charge in [-0.1, -0.05) is 42.5 Å². The molecule has 1 N–H and O–H groups in total. The van der Waals surface area contributed by atoms with E-state index in [1.54, 1.807) is 6.20 Å². The molecule has 0 saturated heterocycles. The third-order valence-electron chi connectivity index (χ3n) is 3.91. The average Bonchev–Trinajstić information content (AvgIpc) is 3.04. The summed E-state index contributed by atoms with van der Waals surface area (Å²) in [5.41, 5.74) is 2.06. The molecule has 1 atom stereocenters. The number of aryl methyl sites for hydroxylation is 2. The molecule has 1 aromatic heterocycles. The second-order valence-electron chi connectivity index (χ2n) is 5.91. The average molecular weight is 335 g/mol. The molecule has 3 aromatic rings. The summed E-state index contributed by atoms with van der Waals surface area (Å²) in [7, 11) is 1.91. The van der Waals surface area contributed by atoms with E-state index in [0.717, 1.165) is 17.0 Å². The summed E-state index contributed by atoms with van der Waals surface area (Å²) in [6.45, 7) is 1.94. The zero-order valence-corrected chi connectivity index (χ0v) is 14.3. The molecule has 1 amide bonds. The van der Waals surface area contributed by atoms with Crippen LogP contribution in [0.4, 0.5) is 0 Å². The van der Waals surface area contributed by atoms with Crippen LogP contribution in [0.2, 0.25) is 0 Å². The molecule has 25 heavy (non-hydrogen) atoms. The molecule has 0 aliphatic heterocycles. The van der Waals surface area contributed by atoms with E-state index in [1.165, 1.54) is 0 Å². The molecule has 128 valence electrons. The van der Waals surface area contributed by atoms with Crippen molar-refractivity contribution in [3.8, 4) is 5.75 Å². The number of rotatable bonds is 6. The van der Waals surface area contributed by atoms with Crippen LogP contribution < -0.4 is 10.1 Å². The summed E-state index contributed by atoms with van der Waals surface area (Å²) in [5, 5.41) is 3.01. The van der Waals surface area contributed by atoms with E-state index in [9.17, 15) is 4.79 Å². The quantitative estimate of drug-likeness (QED) is 0.753. The van der Waals surface area contributed by atoms with Crippen LogP contribution in [0, 0.1) is 6.92 Å². The smallest absolute Gasteiger partial charge is 0.258 e. The first-order chi connectivity index (χ1) is 12.1. The number of carbonyl (C=O) groups excluding carboxylic acids is 1. The van der Waals surface area contributed by atoms with E-state index < -0.39 is 0 Å². The third-order valence-corrected chi connectivity index (χ3v) is 3.91. The first-order valence-corrected chi connectivity index (χ1v) is 8.14. The van der Waals surface area contributed by atoms with Crippen LogP contribution in [-0.2, 0) is 11.8 Å². The van der Waals surface area contributed by atoms with Crippen LogP contribution in [-0.4, -0.2) is 22.1 Å². The van der Waals surface area contributed by atoms with E-state index in [-0.39, 0.29) is 18.6 Å². The molecule has 5 nitrogen and oxygen atoms in total. The lowest BCUT2D eigenvalue weighted by Crippen LogP contribution is -2.34. The highest BCUT2D eigenvalue weighted by Crippen LogP contribution is 2.20. The minimum atomic E-state index is -0.324. The molecule has 0 fully saturated rings. The summed E-state index contributed by atoms with van der Waals surface area (Å²) in [6.07, 6.45) is 3.58. The summed E-state index contributed by atoms with van der Waals surface area (Å²) >= 11 is 0. The Labute approximate surface area is 147 Å². The molecule has 0 aliphatic rings. The van der Waals surface area contributed by atoms with Gasteiger partial charge in [0.05, 0.1) is 0 Å². The predicted octanol–water partition coefficient (Wildman–Crippen LogP) is 3.01. The van der Waals surface area contributed by atoms with Crippen molar-refractivity contribution in [2.75, 3.05) is 6.61 Å². The number of amides is 1. The van der Waals surface area contributed by atoms with Crippen LogP contribution in [0.1, 0.15) is 23.0 Å². The Balaban J connectivity index is 1.72. The van der Waals surface area contributed by atoms with Crippen molar-refractivity contribution in [2.24, 2.45) is 7.05 Å². The van der Waals surface area contributed by atoms with Gasteiger partial charge >= 0.3 is 0 Å². The molecule has 5 heteroatoms. The van der Waals surface area contributed by atoms with Gasteiger partial charge in [0.25, 0.3) is 5.91 Å². The maximum absolute atomic E-state index is 12.4. The molecule has 0 radical (unpaired) electrons. The molecule has 0 spiro atoms. The Bertz CT molecular complexity index is 843. The van der Waals surface area contributed by atoms with Gasteiger partial charge in [0, 0.05) is 19.4 Å². The Hall–Kier alpha value is -3.08. The summed E-state index contributed by atoms with van der Waals surface area (Å²) in [6, 6.07) is 17.1. The number of benzene rings is 2. The van der Waals surface area contributed by atoms with Gasteiger partial charge in [0.2, 0.25) is 0 Å². The van der Waals surface area contributed by atoms with Gasteiger partial charge in [-0.15, -0.1) is 0 Å². The third kappa shape index (κ3) is 4.26. The Morgan fingerprint density at radius 3 is 2.68 bits per heavy atom. The van der Waals surface area contributed by atoms with Crippen LogP contribution in [0.5, 0.6) is 5.75 Å². The van der Waals surface area contributed by atoms with Crippen LogP contribution in [0.15, 0.2) is 67.0 Å². The van der Waals surface area contributed by atoms with Gasteiger partial charge in [0.1, 0.15) is 17.6 Å². The number of ether oxygens (including phenoxy) is 1. The Morgan fingerprint density at radius 2 is 2.00 bits per heavy atom. The molecule has 2 aromatic carbocycles. The fourth-order valence-electron chi connectivity index (χ4n) is 2.65. The van der Waals surface area contributed by atoms with E-state index in [2.05, 4.69) is 10.3 Å². The second-order valence-corrected chi connectivity index (χ2v) is 5.91. The molecule has 3 rings (SSSR count). The molecular weight excluding hydrogens is 314 g/mol. The molecule has 0 unspecified atom stereocenters. The van der Waals surface area contributed by atoms with Crippen molar-refractivity contribution in [3.63, 3.8) is 0 Å². The largest absolute Gasteiger partial charge is 0.484 e. The standard InChI is InChI=1S/C20H21N3O2/c1-15-7-6-10-17(13-15)25-14-18(24)22-19(16-8-4-3-5-9-16)20-21-11-12-23(20)2/h3-13,19H,14H2,1-2H3,(H,22,24)/t19-/m1/s1. The van der Waals surface area contributed by atoms with E-state index in [0.29, 0.717) is 5.75 Å². The predicted molar refractivity (Wildman–Crippen MR) is 96.3 cm³/mol. The molecule has 0 aliphatic carbocycles. The lowest BCUT2D eigenvalue weighted by Gasteiger charge is -2.19. The molecule has 0 bridgehead atoms. The first-order valence-electron chi connectivity index (χ1n) is 8.14. The zero-order valence-electron chi connectivity index (χ0n) is 14.3. The van der Waals surface area contributed by atoms with Gasteiger partial charge in [-0.05, 0) is 30.2 Å². The SMILES string of the molecule is Cc1cccc(OCC(=O)N[C@H](c2ccccc2)c2nccn2C)c1. The van der Waals surface area contributed by atoms with Crippen LogP contribution >= 0.6 is 0 Å². The zero-order chi connectivity index (χ0) is 17.6. The Kier molecular flexibility index (Phi) is 5.14. The van der Waals surface area contributed by atoms with Gasteiger partial charge in [-0.25, -0.2) is 4.98 Å². The molecular formula is C20H21N3O2. The minimum absolute atomic E-state index is 0.0444. The highest BCUT2D eigenvalue weighted by Gasteiger charge is 2.20. The number of hydrogen-bond donors (Lipinski definition) is 1. The minimum Gasteiger partial charge on any atom is -0.484 e. The van der Waals surface area contributed by atoms with Crippen molar-refractivity contribution < 1.29 is 9.53 Å². The van der Waals surface area contributed by atoms with Crippen molar-refractivity contribution in [3.05, 3.63) is 83.9 Å². The van der Waals surface area contributed by atoms with E-state index in [4.69, 9.17) is 4.74 Å². The maximum atomic E-state index is 12.4. The highest BCUT2D eigenvalue weighted by molar-refractivity contribution is 5.78. The van der Waals surface area contributed by atoms with Gasteiger partial charge in [-0.3, -0.25) is 4.79 Å². The molecule has 0 saturated carbocycles.